The molecule has 16 nitrogen and oxygen atoms in total. The molecule has 0 spiro atoms. The Bertz CT molecular complexity index is 1490. The molecule has 0 radical (unpaired) electrons. The third-order valence-corrected chi connectivity index (χ3v) is 11.6. The quantitative estimate of drug-likeness (QED) is 0.0708. The van der Waals surface area contributed by atoms with Crippen molar-refractivity contribution in [1.82, 2.24) is 5.32 Å². The van der Waals surface area contributed by atoms with Crippen molar-refractivity contribution >= 4 is 17.8 Å². The molecule has 0 aromatic heterocycles. The first-order valence-electron chi connectivity index (χ1n) is 20.1. The molecule has 2 aliphatic heterocycles. The molecule has 1 aromatic carbocycles. The van der Waals surface area contributed by atoms with E-state index in [4.69, 9.17) is 34.8 Å². The third kappa shape index (κ3) is 11.5. The van der Waals surface area contributed by atoms with Crippen LogP contribution in [-0.2, 0) is 38.0 Å². The first-order chi connectivity index (χ1) is 27.3. The van der Waals surface area contributed by atoms with Crippen molar-refractivity contribution in [3.05, 3.63) is 35.9 Å². The van der Waals surface area contributed by atoms with Crippen LogP contribution in [0.5, 0.6) is 0 Å². The van der Waals surface area contributed by atoms with Crippen molar-refractivity contribution in [2.24, 2.45) is 17.8 Å². The van der Waals surface area contributed by atoms with Gasteiger partial charge in [0.25, 0.3) is 0 Å². The molecule has 2 saturated heterocycles. The van der Waals surface area contributed by atoms with Gasteiger partial charge in [0.1, 0.15) is 36.6 Å². The molecule has 4 fully saturated rings. The molecular formula is C41H59NO15. The molecule has 2 saturated carbocycles. The Morgan fingerprint density at radius 2 is 1.61 bits per heavy atom. The average molecular weight is 806 g/mol. The standard InChI is InChI=1S/C41H59NO15/c1-4-5-12-17-42-37(48)26-18-22(2)34(57-40-33(47)32(46)30(44)23(3)52-40)27(20-26)54-41-36(56-39(51)25-15-10-7-11-16-25)35(31(45)29(21-43)55-41)53-28(38(49)50)19-24-13-8-6-9-14-24/h1,7,10-11,15-16,22-24,26-36,40-41,43-47H,5-6,8-9,12-14,17-21H2,2-3H3,(H,42,48)(H,49,50)/t22?,23?,26?,27-,28+,29?,30-,31+,32?,33?,34?,35?,36?,40+,41-/m1/s1. The van der Waals surface area contributed by atoms with Crippen molar-refractivity contribution in [2.45, 2.75) is 158 Å². The first kappa shape index (κ1) is 44.9. The number of hydrogen-bond acceptors (Lipinski definition) is 14. The molecule has 15 atom stereocenters. The van der Waals surface area contributed by atoms with E-state index in [0.717, 1.165) is 32.1 Å². The minimum Gasteiger partial charge on any atom is -0.479 e. The highest BCUT2D eigenvalue weighted by Gasteiger charge is 2.53. The monoisotopic (exact) mass is 805 g/mol. The van der Waals surface area contributed by atoms with Crippen LogP contribution in [-0.4, -0.2) is 141 Å². The Morgan fingerprint density at radius 1 is 0.895 bits per heavy atom. The number of benzene rings is 1. The van der Waals surface area contributed by atoms with Gasteiger partial charge in [0.2, 0.25) is 5.91 Å². The molecule has 4 aliphatic rings. The Kier molecular flexibility index (Phi) is 16.7. The largest absolute Gasteiger partial charge is 0.479 e. The SMILES string of the molecule is C#CCCCNC(=O)C1CC(C)C(O[C@@H]2OC(C)[C@@H](O)C(O)C2O)[C@H](O[C@@H]2OC(CO)[C@H](O)C(O[C@@H](CC3CCCCC3)C(=O)O)C2OC(=O)c2ccccc2)C1. The van der Waals surface area contributed by atoms with Crippen molar-refractivity contribution in [2.75, 3.05) is 13.2 Å². The van der Waals surface area contributed by atoms with Crippen molar-refractivity contribution < 1.29 is 73.4 Å². The van der Waals surface area contributed by atoms with Gasteiger partial charge >= 0.3 is 11.9 Å². The molecule has 1 amide bonds. The summed E-state index contributed by atoms with van der Waals surface area (Å²) in [5, 5.41) is 66.9. The smallest absolute Gasteiger partial charge is 0.338 e. The van der Waals surface area contributed by atoms with Gasteiger partial charge < -0.3 is 64.4 Å². The molecule has 2 aliphatic carbocycles. The van der Waals surface area contributed by atoms with Crippen LogP contribution in [0.1, 0.15) is 88.4 Å². The zero-order valence-electron chi connectivity index (χ0n) is 32.5. The number of ether oxygens (including phenoxy) is 6. The van der Waals surface area contributed by atoms with E-state index in [0.29, 0.717) is 25.8 Å². The number of nitrogens with one attached hydrogen (secondary N) is 1. The lowest BCUT2D eigenvalue weighted by atomic mass is 9.77. The summed E-state index contributed by atoms with van der Waals surface area (Å²) in [7, 11) is 0. The molecule has 57 heavy (non-hydrogen) atoms. The Labute approximate surface area is 333 Å². The van der Waals surface area contributed by atoms with Crippen LogP contribution in [0.15, 0.2) is 30.3 Å². The fourth-order valence-corrected chi connectivity index (χ4v) is 8.36. The number of esters is 1. The van der Waals surface area contributed by atoms with Crippen molar-refractivity contribution in [1.29, 1.82) is 0 Å². The first-order valence-corrected chi connectivity index (χ1v) is 20.1. The highest BCUT2D eigenvalue weighted by molar-refractivity contribution is 5.89. The highest BCUT2D eigenvalue weighted by atomic mass is 16.7. The maximum Gasteiger partial charge on any atom is 0.338 e. The maximum absolute atomic E-state index is 13.7. The predicted molar refractivity (Wildman–Crippen MR) is 200 cm³/mol. The lowest BCUT2D eigenvalue weighted by Crippen LogP contribution is -2.64. The molecular weight excluding hydrogens is 746 g/mol. The zero-order chi connectivity index (χ0) is 41.2. The fraction of sp³-hybridized carbons (Fsp3) is 0.732. The van der Waals surface area contributed by atoms with Crippen LogP contribution in [0.25, 0.3) is 0 Å². The predicted octanol–water partition coefficient (Wildman–Crippen LogP) is 1.27. The molecule has 0 bridgehead atoms. The van der Waals surface area contributed by atoms with E-state index in [1.807, 2.05) is 0 Å². The number of amides is 1. The van der Waals surface area contributed by atoms with E-state index in [1.54, 1.807) is 25.1 Å². The van der Waals surface area contributed by atoms with Gasteiger partial charge in [-0.2, -0.15) is 0 Å². The lowest BCUT2D eigenvalue weighted by molar-refractivity contribution is -0.349. The van der Waals surface area contributed by atoms with Crippen LogP contribution < -0.4 is 5.32 Å². The number of carboxylic acids is 1. The zero-order valence-corrected chi connectivity index (χ0v) is 32.5. The minimum absolute atomic E-state index is 0.00996. The summed E-state index contributed by atoms with van der Waals surface area (Å²) in [5.74, 6) is -0.911. The summed E-state index contributed by atoms with van der Waals surface area (Å²) >= 11 is 0. The van der Waals surface area contributed by atoms with Crippen molar-refractivity contribution in [3.8, 4) is 12.3 Å². The molecule has 7 N–H and O–H groups in total. The number of hydrogen-bond donors (Lipinski definition) is 7. The van der Waals surface area contributed by atoms with E-state index >= 15 is 0 Å². The molecule has 9 unspecified atom stereocenters. The summed E-state index contributed by atoms with van der Waals surface area (Å²) in [5.41, 5.74) is 0.137. The van der Waals surface area contributed by atoms with E-state index < -0.39 is 110 Å². The average Bonchev–Trinajstić information content (AvgIpc) is 3.20. The van der Waals surface area contributed by atoms with Crippen LogP contribution >= 0.6 is 0 Å². The Hall–Kier alpha value is -3.21. The summed E-state index contributed by atoms with van der Waals surface area (Å²) in [6, 6.07) is 7.97. The van der Waals surface area contributed by atoms with E-state index in [2.05, 4.69) is 11.2 Å². The second kappa shape index (κ2) is 21.2. The van der Waals surface area contributed by atoms with Gasteiger partial charge in [-0.1, -0.05) is 57.2 Å². The number of unbranched alkanes of at least 4 members (excludes halogenated alkanes) is 1. The second-order valence-corrected chi connectivity index (χ2v) is 15.8. The van der Waals surface area contributed by atoms with Gasteiger partial charge in [0, 0.05) is 18.9 Å². The fourth-order valence-electron chi connectivity index (χ4n) is 8.36. The number of aliphatic hydroxyl groups excluding tert-OH is 5. The number of terminal acetylenes is 1. The molecule has 16 heteroatoms. The van der Waals surface area contributed by atoms with E-state index in [1.165, 1.54) is 19.1 Å². The van der Waals surface area contributed by atoms with Crippen LogP contribution in [0, 0.1) is 30.1 Å². The summed E-state index contributed by atoms with van der Waals surface area (Å²) in [6.07, 6.45) is -6.83. The number of rotatable bonds is 16. The van der Waals surface area contributed by atoms with Gasteiger partial charge in [-0.3, -0.25) is 4.79 Å². The summed E-state index contributed by atoms with van der Waals surface area (Å²) in [6.45, 7) is 2.90. The van der Waals surface area contributed by atoms with Gasteiger partial charge in [0.15, 0.2) is 24.8 Å². The maximum atomic E-state index is 13.7. The van der Waals surface area contributed by atoms with Crippen molar-refractivity contribution in [3.63, 3.8) is 0 Å². The summed E-state index contributed by atoms with van der Waals surface area (Å²) in [4.78, 5) is 39.8. The minimum atomic E-state index is -1.67. The normalized spacial score (nSPS) is 36.7. The second-order valence-electron chi connectivity index (χ2n) is 15.8. The Balaban J connectivity index is 1.48. The molecule has 318 valence electrons. The molecule has 1 aromatic rings. The van der Waals surface area contributed by atoms with Gasteiger partial charge in [0.05, 0.1) is 30.5 Å². The highest BCUT2D eigenvalue weighted by Crippen LogP contribution is 2.39. The number of carboxylic acid groups (broad SMARTS) is 1. The van der Waals surface area contributed by atoms with Gasteiger partial charge in [-0.25, -0.2) is 9.59 Å². The van der Waals surface area contributed by atoms with Gasteiger partial charge in [-0.05, 0) is 56.6 Å². The van der Waals surface area contributed by atoms with Crippen LogP contribution in [0.2, 0.25) is 0 Å². The topological polar surface area (TPSA) is 240 Å². The lowest BCUT2D eigenvalue weighted by Gasteiger charge is -2.48. The number of aliphatic hydroxyl groups is 5. The van der Waals surface area contributed by atoms with E-state index in [-0.39, 0.29) is 30.2 Å². The summed E-state index contributed by atoms with van der Waals surface area (Å²) < 4.78 is 37.0. The van der Waals surface area contributed by atoms with Crippen LogP contribution in [0.3, 0.4) is 0 Å². The third-order valence-electron chi connectivity index (χ3n) is 11.6. The number of aliphatic carboxylic acids is 1. The molecule has 2 heterocycles. The van der Waals surface area contributed by atoms with Gasteiger partial charge in [-0.15, -0.1) is 12.3 Å². The van der Waals surface area contributed by atoms with Crippen LogP contribution in [0.4, 0.5) is 0 Å². The number of carbonyl (C=O) groups excluding carboxylic acids is 2. The number of carbonyl (C=O) groups is 3. The molecule has 5 rings (SSSR count). The Morgan fingerprint density at radius 3 is 2.28 bits per heavy atom. The van der Waals surface area contributed by atoms with E-state index in [9.17, 15) is 45.0 Å².